The van der Waals surface area contributed by atoms with Gasteiger partial charge in [-0.15, -0.1) is 5.92 Å². The molecule has 2 aromatic rings. The fraction of sp³-hybridized carbons (Fsp3) is 0.583. The van der Waals surface area contributed by atoms with E-state index in [-0.39, 0.29) is 42.6 Å². The number of aromatic nitrogens is 1. The molecule has 0 saturated heterocycles. The van der Waals surface area contributed by atoms with Gasteiger partial charge in [-0.1, -0.05) is 48.4 Å². The molecule has 1 aromatic heterocycles. The number of benzene rings is 1. The molecule has 8 heteroatoms. The van der Waals surface area contributed by atoms with Crippen LogP contribution < -0.4 is 10.6 Å². The van der Waals surface area contributed by atoms with Crippen LogP contribution in [0.25, 0.3) is 10.9 Å². The number of aliphatic hydroxyl groups is 4. The monoisotopic (exact) mass is 598 g/mol. The van der Waals surface area contributed by atoms with Crippen LogP contribution in [0.4, 0.5) is 0 Å². The highest BCUT2D eigenvalue weighted by atomic mass is 16.3. The summed E-state index contributed by atoms with van der Waals surface area (Å²) in [7, 11) is 1.69. The van der Waals surface area contributed by atoms with Crippen molar-refractivity contribution in [2.45, 2.75) is 74.7 Å². The molecule has 0 amide bonds. The van der Waals surface area contributed by atoms with Crippen LogP contribution in [-0.2, 0) is 6.42 Å². The second-order valence-electron chi connectivity index (χ2n) is 14.0. The maximum absolute atomic E-state index is 12.7. The number of fused-ring (bicyclic) bond motifs is 2. The van der Waals surface area contributed by atoms with E-state index < -0.39 is 28.8 Å². The third kappa shape index (κ3) is 4.39. The van der Waals surface area contributed by atoms with E-state index in [1.54, 1.807) is 7.05 Å². The minimum absolute atomic E-state index is 0.0135. The van der Waals surface area contributed by atoms with Crippen molar-refractivity contribution in [1.29, 1.82) is 0 Å². The average Bonchev–Trinajstić information content (AvgIpc) is 3.50. The van der Waals surface area contributed by atoms with E-state index in [0.29, 0.717) is 44.6 Å². The maximum atomic E-state index is 12.7. The number of para-hydroxylation sites is 1. The molecule has 5 aliphatic rings. The zero-order chi connectivity index (χ0) is 30.7. The van der Waals surface area contributed by atoms with Gasteiger partial charge in [0, 0.05) is 56.1 Å². The van der Waals surface area contributed by atoms with E-state index >= 15 is 0 Å². The summed E-state index contributed by atoms with van der Waals surface area (Å²) in [5.74, 6) is 7.11. The lowest BCUT2D eigenvalue weighted by molar-refractivity contribution is -0.124. The normalized spacial score (nSPS) is 40.4. The lowest BCUT2D eigenvalue weighted by Gasteiger charge is -2.56. The second-order valence-corrected chi connectivity index (χ2v) is 14.0. The van der Waals surface area contributed by atoms with Gasteiger partial charge in [-0.3, -0.25) is 4.99 Å². The molecule has 3 fully saturated rings. The molecule has 0 aliphatic heterocycles. The number of aliphatic hydroxyl groups excluding tert-OH is 2. The van der Waals surface area contributed by atoms with Crippen molar-refractivity contribution in [2.24, 2.45) is 40.0 Å². The molecule has 7 rings (SSSR count). The minimum atomic E-state index is -1.44. The van der Waals surface area contributed by atoms with Gasteiger partial charge in [-0.05, 0) is 79.2 Å². The Kier molecular flexibility index (Phi) is 7.44. The lowest BCUT2D eigenvalue weighted by Crippen LogP contribution is -2.56. The Labute approximate surface area is 259 Å². The Morgan fingerprint density at radius 1 is 1.16 bits per heavy atom. The second kappa shape index (κ2) is 11.1. The van der Waals surface area contributed by atoms with Gasteiger partial charge in [-0.2, -0.15) is 0 Å². The number of guanidine groups is 1. The Bertz CT molecular complexity index is 1520. The average molecular weight is 599 g/mol. The van der Waals surface area contributed by atoms with E-state index in [4.69, 9.17) is 6.58 Å². The molecule has 10 atom stereocenters. The van der Waals surface area contributed by atoms with Gasteiger partial charge in [0.2, 0.25) is 0 Å². The van der Waals surface area contributed by atoms with Gasteiger partial charge in [0.05, 0.1) is 23.3 Å². The quantitative estimate of drug-likeness (QED) is 0.0862. The first-order chi connectivity index (χ1) is 21.2. The largest absolute Gasteiger partial charge is 0.396 e. The number of rotatable bonds is 7. The predicted octanol–water partition coefficient (Wildman–Crippen LogP) is 3.04. The lowest BCUT2D eigenvalue weighted by atomic mass is 9.48. The van der Waals surface area contributed by atoms with Crippen LogP contribution in [0.1, 0.15) is 50.6 Å². The molecular formula is C36H46N4O4. The molecule has 0 radical (unpaired) electrons. The Morgan fingerprint density at radius 3 is 2.77 bits per heavy atom. The standard InChI is InChI=1S/C36H46N4O4/c1-22(18-25-19-23-8-3-4-11-30(23)39-25)34-14-5-9-24(40-33(37-2)38-16-7-17-41)21-36(44)31(42)20-29-32(36)28(34)13-12-27-26(34)10-6-15-35(27,29)43/h3-4,6,8,10-11,19,24,26-29,31-32,39,41-44H,1,7,12-18,20-21H2,2H3,(H2,37,38,40). The molecule has 10 unspecified atom stereocenters. The number of aromatic amines is 1. The van der Waals surface area contributed by atoms with Gasteiger partial charge < -0.3 is 36.0 Å². The highest BCUT2D eigenvalue weighted by Crippen LogP contribution is 2.71. The van der Waals surface area contributed by atoms with Crippen LogP contribution in [-0.4, -0.2) is 74.9 Å². The highest BCUT2D eigenvalue weighted by molar-refractivity contribution is 5.81. The van der Waals surface area contributed by atoms with Crippen molar-refractivity contribution in [3.63, 3.8) is 0 Å². The Balaban J connectivity index is 1.33. The summed E-state index contributed by atoms with van der Waals surface area (Å²) in [6, 6.07) is 10.0. The molecular weight excluding hydrogens is 552 g/mol. The summed E-state index contributed by atoms with van der Waals surface area (Å²) in [4.78, 5) is 7.95. The molecule has 6 bridgehead atoms. The molecule has 3 saturated carbocycles. The fourth-order valence-corrected chi connectivity index (χ4v) is 10.3. The van der Waals surface area contributed by atoms with E-state index in [9.17, 15) is 20.4 Å². The molecule has 0 spiro atoms. The third-order valence-electron chi connectivity index (χ3n) is 12.0. The molecule has 5 aliphatic carbocycles. The van der Waals surface area contributed by atoms with Gasteiger partial charge >= 0.3 is 0 Å². The van der Waals surface area contributed by atoms with Crippen LogP contribution >= 0.6 is 0 Å². The first-order valence-electron chi connectivity index (χ1n) is 16.4. The Hall–Kier alpha value is -3.09. The third-order valence-corrected chi connectivity index (χ3v) is 12.0. The van der Waals surface area contributed by atoms with Crippen LogP contribution in [0.3, 0.4) is 0 Å². The van der Waals surface area contributed by atoms with Crippen molar-refractivity contribution in [3.8, 4) is 11.8 Å². The molecule has 44 heavy (non-hydrogen) atoms. The van der Waals surface area contributed by atoms with Gasteiger partial charge in [0.25, 0.3) is 0 Å². The van der Waals surface area contributed by atoms with E-state index in [2.05, 4.69) is 62.8 Å². The molecule has 7 N–H and O–H groups in total. The first kappa shape index (κ1) is 29.6. The smallest absolute Gasteiger partial charge is 0.191 e. The van der Waals surface area contributed by atoms with E-state index in [1.807, 2.05) is 12.1 Å². The zero-order valence-corrected chi connectivity index (χ0v) is 25.6. The summed E-state index contributed by atoms with van der Waals surface area (Å²) < 4.78 is 0. The van der Waals surface area contributed by atoms with Gasteiger partial charge in [0.15, 0.2) is 5.96 Å². The van der Waals surface area contributed by atoms with Crippen molar-refractivity contribution in [2.75, 3.05) is 20.2 Å². The highest BCUT2D eigenvalue weighted by Gasteiger charge is 2.72. The summed E-state index contributed by atoms with van der Waals surface area (Å²) >= 11 is 0. The summed E-state index contributed by atoms with van der Waals surface area (Å²) in [5.41, 5.74) is 0.384. The summed E-state index contributed by atoms with van der Waals surface area (Å²) in [5, 5.41) is 54.1. The van der Waals surface area contributed by atoms with Gasteiger partial charge in [0.1, 0.15) is 0 Å². The van der Waals surface area contributed by atoms with Crippen LogP contribution in [0.15, 0.2) is 59.6 Å². The van der Waals surface area contributed by atoms with Crippen LogP contribution in [0.5, 0.6) is 0 Å². The molecule has 234 valence electrons. The molecule has 8 nitrogen and oxygen atoms in total. The SMILES string of the molecule is C=C(Cc1cc2ccccc2[nH]1)C12CC#CC(NC(=NC)NCCCO)CC3(O)C(O)CC4C3C1CCC1C2C=CCC41O. The van der Waals surface area contributed by atoms with E-state index in [1.165, 1.54) is 5.39 Å². The number of aliphatic imine (C=N–C) groups is 1. The summed E-state index contributed by atoms with van der Waals surface area (Å²) in [6.45, 7) is 5.44. The number of nitrogens with zero attached hydrogens (tertiary/aromatic N) is 1. The van der Waals surface area contributed by atoms with E-state index in [0.717, 1.165) is 29.6 Å². The minimum Gasteiger partial charge on any atom is -0.396 e. The van der Waals surface area contributed by atoms with Gasteiger partial charge in [-0.25, -0.2) is 0 Å². The summed E-state index contributed by atoms with van der Waals surface area (Å²) in [6.07, 6.45) is 8.21. The number of hydrogen-bond acceptors (Lipinski definition) is 5. The van der Waals surface area contributed by atoms with Crippen molar-refractivity contribution in [3.05, 3.63) is 60.3 Å². The number of allylic oxidation sites excluding steroid dienone is 2. The number of hydrogen-bond donors (Lipinski definition) is 7. The first-order valence-corrected chi connectivity index (χ1v) is 16.4. The number of H-pyrrole nitrogens is 1. The fourth-order valence-electron chi connectivity index (χ4n) is 10.3. The molecule has 1 heterocycles. The maximum Gasteiger partial charge on any atom is 0.191 e. The van der Waals surface area contributed by atoms with Crippen molar-refractivity contribution in [1.82, 2.24) is 15.6 Å². The van der Waals surface area contributed by atoms with Crippen molar-refractivity contribution >= 4 is 16.9 Å². The van der Waals surface area contributed by atoms with Crippen molar-refractivity contribution < 1.29 is 20.4 Å². The predicted molar refractivity (Wildman–Crippen MR) is 172 cm³/mol. The molecule has 1 aromatic carbocycles. The number of nitrogens with one attached hydrogen (secondary N) is 3. The van der Waals surface area contributed by atoms with Crippen LogP contribution in [0, 0.1) is 46.8 Å². The van der Waals surface area contributed by atoms with Crippen LogP contribution in [0.2, 0.25) is 0 Å². The Morgan fingerprint density at radius 2 is 1.98 bits per heavy atom. The zero-order valence-electron chi connectivity index (χ0n) is 25.6. The topological polar surface area (TPSA) is 133 Å².